The summed E-state index contributed by atoms with van der Waals surface area (Å²) in [5, 5.41) is 0. The van der Waals surface area contributed by atoms with Gasteiger partial charge in [-0.1, -0.05) is 6.08 Å². The van der Waals surface area contributed by atoms with Crippen molar-refractivity contribution in [3.05, 3.63) is 59.2 Å². The van der Waals surface area contributed by atoms with Crippen LogP contribution in [0.3, 0.4) is 0 Å². The van der Waals surface area contributed by atoms with Crippen molar-refractivity contribution < 1.29 is 14.3 Å². The van der Waals surface area contributed by atoms with Crippen molar-refractivity contribution >= 4 is 29.1 Å². The Morgan fingerprint density at radius 1 is 1.17 bits per heavy atom. The molecule has 0 aromatic heterocycles. The van der Waals surface area contributed by atoms with Gasteiger partial charge >= 0.3 is 5.97 Å². The third-order valence-electron chi connectivity index (χ3n) is 5.38. The van der Waals surface area contributed by atoms with E-state index in [9.17, 15) is 4.79 Å². The molecule has 0 fully saturated rings. The molecule has 30 heavy (non-hydrogen) atoms. The van der Waals surface area contributed by atoms with Crippen molar-refractivity contribution in [2.24, 2.45) is 4.99 Å². The Balaban J connectivity index is 1.94. The average molecular weight is 407 g/mol. The highest BCUT2D eigenvalue weighted by atomic mass is 16.5. The Morgan fingerprint density at radius 2 is 1.87 bits per heavy atom. The van der Waals surface area contributed by atoms with Gasteiger partial charge in [0.2, 0.25) is 0 Å². The Labute approximate surface area is 179 Å². The normalized spacial score (nSPS) is 15.0. The lowest BCUT2D eigenvalue weighted by Gasteiger charge is -2.43. The standard InChI is InChI=1S/C25H30N2O3/c1-7-27-22-14-23(29-6)19(13-21(22)17(3)15-25(27,4)5)16-26-20-11-9-18(10-12-20)24(28)30-8-2/h9-16H,7-8H2,1-6H3. The summed E-state index contributed by atoms with van der Waals surface area (Å²) in [6.07, 6.45) is 4.11. The van der Waals surface area contributed by atoms with Crippen LogP contribution in [0.1, 0.15) is 56.1 Å². The SMILES string of the molecule is CCOC(=O)c1ccc(N=Cc2cc3c(cc2OC)N(CC)C(C)(C)C=C3C)cc1. The molecular weight excluding hydrogens is 376 g/mol. The molecule has 158 valence electrons. The van der Waals surface area contributed by atoms with Gasteiger partial charge in [-0.15, -0.1) is 0 Å². The summed E-state index contributed by atoms with van der Waals surface area (Å²) in [6, 6.07) is 11.3. The largest absolute Gasteiger partial charge is 0.496 e. The number of allylic oxidation sites excluding steroid dienone is 1. The van der Waals surface area contributed by atoms with Crippen LogP contribution in [0.25, 0.3) is 5.57 Å². The summed E-state index contributed by atoms with van der Waals surface area (Å²) in [5.41, 5.74) is 5.75. The zero-order valence-corrected chi connectivity index (χ0v) is 18.7. The molecule has 2 aromatic carbocycles. The molecule has 3 rings (SSSR count). The van der Waals surface area contributed by atoms with Crippen LogP contribution in [0.2, 0.25) is 0 Å². The maximum Gasteiger partial charge on any atom is 0.338 e. The quantitative estimate of drug-likeness (QED) is 0.460. The molecule has 5 nitrogen and oxygen atoms in total. The first-order valence-corrected chi connectivity index (χ1v) is 10.3. The van der Waals surface area contributed by atoms with Gasteiger partial charge in [0.25, 0.3) is 0 Å². The zero-order valence-electron chi connectivity index (χ0n) is 18.7. The highest BCUT2D eigenvalue weighted by Gasteiger charge is 2.31. The molecule has 0 unspecified atom stereocenters. The fourth-order valence-corrected chi connectivity index (χ4v) is 4.02. The number of aliphatic imine (C=N–C) groups is 1. The lowest BCUT2D eigenvalue weighted by molar-refractivity contribution is 0.0526. The third kappa shape index (κ3) is 4.25. The minimum Gasteiger partial charge on any atom is -0.496 e. The van der Waals surface area contributed by atoms with E-state index in [4.69, 9.17) is 9.47 Å². The summed E-state index contributed by atoms with van der Waals surface area (Å²) in [6.45, 7) is 11.8. The molecule has 0 aliphatic carbocycles. The van der Waals surface area contributed by atoms with Crippen molar-refractivity contribution in [2.45, 2.75) is 40.2 Å². The van der Waals surface area contributed by atoms with Crippen LogP contribution < -0.4 is 9.64 Å². The van der Waals surface area contributed by atoms with E-state index in [0.29, 0.717) is 12.2 Å². The second kappa shape index (κ2) is 8.74. The Morgan fingerprint density at radius 3 is 2.47 bits per heavy atom. The van der Waals surface area contributed by atoms with Crippen LogP contribution in [0.4, 0.5) is 11.4 Å². The number of fused-ring (bicyclic) bond motifs is 1. The molecule has 0 N–H and O–H groups in total. The van der Waals surface area contributed by atoms with Crippen molar-refractivity contribution in [1.29, 1.82) is 0 Å². The molecule has 0 atom stereocenters. The Bertz CT molecular complexity index is 988. The second-order valence-corrected chi connectivity index (χ2v) is 7.86. The topological polar surface area (TPSA) is 51.1 Å². The minimum absolute atomic E-state index is 0.0485. The Kier molecular flexibility index (Phi) is 6.30. The van der Waals surface area contributed by atoms with Gasteiger partial charge in [0, 0.05) is 35.6 Å². The van der Waals surface area contributed by atoms with E-state index in [1.54, 1.807) is 38.3 Å². The molecule has 0 bridgehead atoms. The highest BCUT2D eigenvalue weighted by Crippen LogP contribution is 2.41. The number of benzene rings is 2. The Hall–Kier alpha value is -3.08. The number of carbonyl (C=O) groups is 1. The van der Waals surface area contributed by atoms with Crippen LogP contribution in [-0.4, -0.2) is 38.0 Å². The molecule has 0 saturated carbocycles. The number of ether oxygens (including phenoxy) is 2. The van der Waals surface area contributed by atoms with E-state index in [-0.39, 0.29) is 11.5 Å². The molecule has 0 spiro atoms. The van der Waals surface area contributed by atoms with Crippen LogP contribution in [0.5, 0.6) is 5.75 Å². The van der Waals surface area contributed by atoms with Gasteiger partial charge in [0.1, 0.15) is 5.75 Å². The van der Waals surface area contributed by atoms with E-state index in [1.165, 1.54) is 16.8 Å². The molecule has 5 heteroatoms. The van der Waals surface area contributed by atoms with Gasteiger partial charge in [-0.2, -0.15) is 0 Å². The molecule has 2 aromatic rings. The number of anilines is 1. The van der Waals surface area contributed by atoms with Gasteiger partial charge < -0.3 is 14.4 Å². The number of methoxy groups -OCH3 is 1. The molecule has 0 amide bonds. The minimum atomic E-state index is -0.324. The predicted octanol–water partition coefficient (Wildman–Crippen LogP) is 5.64. The fourth-order valence-electron chi connectivity index (χ4n) is 4.02. The maximum atomic E-state index is 11.8. The number of esters is 1. The van der Waals surface area contributed by atoms with E-state index in [2.05, 4.69) is 55.8 Å². The summed E-state index contributed by atoms with van der Waals surface area (Å²) in [5.74, 6) is 0.458. The fraction of sp³-hybridized carbons (Fsp3) is 0.360. The molecular formula is C25H30N2O3. The van der Waals surface area contributed by atoms with Crippen molar-refractivity contribution in [1.82, 2.24) is 0 Å². The van der Waals surface area contributed by atoms with Gasteiger partial charge in [0.05, 0.1) is 30.5 Å². The summed E-state index contributed by atoms with van der Waals surface area (Å²) in [7, 11) is 1.68. The molecule has 0 radical (unpaired) electrons. The lowest BCUT2D eigenvalue weighted by atomic mass is 9.88. The molecule has 1 heterocycles. The average Bonchev–Trinajstić information content (AvgIpc) is 2.72. The number of hydrogen-bond acceptors (Lipinski definition) is 5. The third-order valence-corrected chi connectivity index (χ3v) is 5.38. The first-order valence-electron chi connectivity index (χ1n) is 10.3. The van der Waals surface area contributed by atoms with Gasteiger partial charge in [-0.3, -0.25) is 4.99 Å². The van der Waals surface area contributed by atoms with E-state index in [0.717, 1.165) is 23.5 Å². The number of rotatable bonds is 6. The molecule has 0 saturated heterocycles. The van der Waals surface area contributed by atoms with Gasteiger partial charge in [-0.25, -0.2) is 4.79 Å². The van der Waals surface area contributed by atoms with E-state index in [1.807, 2.05) is 6.21 Å². The lowest BCUT2D eigenvalue weighted by Crippen LogP contribution is -2.44. The summed E-state index contributed by atoms with van der Waals surface area (Å²) in [4.78, 5) is 18.8. The van der Waals surface area contributed by atoms with Crippen LogP contribution >= 0.6 is 0 Å². The zero-order chi connectivity index (χ0) is 21.9. The monoisotopic (exact) mass is 406 g/mol. The first kappa shape index (κ1) is 21.6. The predicted molar refractivity (Wildman–Crippen MR) is 123 cm³/mol. The maximum absolute atomic E-state index is 11.8. The number of carbonyl (C=O) groups excluding carboxylic acids is 1. The second-order valence-electron chi connectivity index (χ2n) is 7.86. The van der Waals surface area contributed by atoms with E-state index >= 15 is 0 Å². The van der Waals surface area contributed by atoms with E-state index < -0.39 is 0 Å². The smallest absolute Gasteiger partial charge is 0.338 e. The van der Waals surface area contributed by atoms with Crippen LogP contribution in [0, 0.1) is 0 Å². The number of nitrogens with zero attached hydrogens (tertiary/aromatic N) is 2. The van der Waals surface area contributed by atoms with Crippen LogP contribution in [-0.2, 0) is 4.74 Å². The molecule has 1 aliphatic heterocycles. The summed E-state index contributed by atoms with van der Waals surface area (Å²) < 4.78 is 10.7. The number of likely N-dealkylation sites (N-methyl/N-ethyl adjacent to an activating group) is 1. The van der Waals surface area contributed by atoms with Crippen molar-refractivity contribution in [3.8, 4) is 5.75 Å². The van der Waals surface area contributed by atoms with Gasteiger partial charge in [0.15, 0.2) is 0 Å². The summed E-state index contributed by atoms with van der Waals surface area (Å²) >= 11 is 0. The first-order chi connectivity index (χ1) is 14.3. The number of hydrogen-bond donors (Lipinski definition) is 0. The van der Waals surface area contributed by atoms with Gasteiger partial charge in [-0.05, 0) is 70.5 Å². The van der Waals surface area contributed by atoms with Crippen LogP contribution in [0.15, 0.2) is 47.5 Å². The molecule has 1 aliphatic rings. The van der Waals surface area contributed by atoms with Crippen molar-refractivity contribution in [3.63, 3.8) is 0 Å². The van der Waals surface area contributed by atoms with Crippen molar-refractivity contribution in [2.75, 3.05) is 25.2 Å². The highest BCUT2D eigenvalue weighted by molar-refractivity contribution is 5.92.